The molecular formula is C27H39NO2Si. The molecule has 1 aliphatic heterocycles. The summed E-state index contributed by atoms with van der Waals surface area (Å²) in [6, 6.07) is 11.1. The second-order valence-corrected chi connectivity index (χ2v) is 16.0. The molecule has 0 bridgehead atoms. The van der Waals surface area contributed by atoms with Crippen LogP contribution in [0.15, 0.2) is 30.3 Å². The van der Waals surface area contributed by atoms with Crippen LogP contribution in [0.1, 0.15) is 56.7 Å². The van der Waals surface area contributed by atoms with Crippen molar-refractivity contribution in [2.75, 3.05) is 18.6 Å². The standard InChI is InChI=1S/C27H39NO2Si/c1-19-20(2)25-21(16-24(19)29-6)17-27(14-9-15-27)18-28(25)22-10-12-23(13-11-22)30-31(7,8)26(3,4)5/h10-13,16H,9,14-15,17-18H2,1-8H3. The second kappa shape index (κ2) is 7.58. The molecule has 1 fully saturated rings. The van der Waals surface area contributed by atoms with Crippen molar-refractivity contribution in [3.05, 3.63) is 47.0 Å². The maximum Gasteiger partial charge on any atom is 0.250 e. The normalized spacial score (nSPS) is 17.9. The Kier molecular flexibility index (Phi) is 5.44. The summed E-state index contributed by atoms with van der Waals surface area (Å²) in [5, 5.41) is 0.196. The van der Waals surface area contributed by atoms with Crippen LogP contribution in [0.4, 0.5) is 11.4 Å². The summed E-state index contributed by atoms with van der Waals surface area (Å²) < 4.78 is 12.2. The number of anilines is 2. The van der Waals surface area contributed by atoms with Crippen molar-refractivity contribution in [2.45, 2.75) is 78.4 Å². The summed E-state index contributed by atoms with van der Waals surface area (Å²) in [7, 11) is -0.0477. The first-order valence-corrected chi connectivity index (χ1v) is 14.6. The Balaban J connectivity index is 1.70. The zero-order valence-corrected chi connectivity index (χ0v) is 21.7. The van der Waals surface area contributed by atoms with Crippen molar-refractivity contribution in [1.82, 2.24) is 0 Å². The van der Waals surface area contributed by atoms with E-state index in [1.165, 1.54) is 53.7 Å². The van der Waals surface area contributed by atoms with Gasteiger partial charge >= 0.3 is 0 Å². The monoisotopic (exact) mass is 437 g/mol. The van der Waals surface area contributed by atoms with Gasteiger partial charge in [-0.2, -0.15) is 0 Å². The molecule has 1 aliphatic carbocycles. The lowest BCUT2D eigenvalue weighted by atomic mass is 9.63. The first kappa shape index (κ1) is 22.3. The Morgan fingerprint density at radius 3 is 2.16 bits per heavy atom. The van der Waals surface area contributed by atoms with Crippen LogP contribution in [0.25, 0.3) is 0 Å². The fourth-order valence-corrected chi connectivity index (χ4v) is 5.94. The van der Waals surface area contributed by atoms with E-state index in [1.807, 2.05) is 0 Å². The summed E-state index contributed by atoms with van der Waals surface area (Å²) in [5.74, 6) is 2.01. The number of nitrogens with zero attached hydrogens (tertiary/aromatic N) is 1. The third-order valence-electron chi connectivity index (χ3n) is 8.19. The van der Waals surface area contributed by atoms with E-state index < -0.39 is 8.32 Å². The molecule has 4 rings (SSSR count). The molecule has 2 aromatic carbocycles. The van der Waals surface area contributed by atoms with Crippen molar-refractivity contribution in [3.63, 3.8) is 0 Å². The molecule has 168 valence electrons. The molecule has 2 aliphatic rings. The fraction of sp³-hybridized carbons (Fsp3) is 0.556. The fourth-order valence-electron chi connectivity index (χ4n) is 4.91. The molecule has 1 heterocycles. The third-order valence-corrected chi connectivity index (χ3v) is 12.5. The van der Waals surface area contributed by atoms with E-state index in [1.54, 1.807) is 7.11 Å². The van der Waals surface area contributed by atoms with E-state index in [9.17, 15) is 0 Å². The van der Waals surface area contributed by atoms with Crippen LogP contribution >= 0.6 is 0 Å². The summed E-state index contributed by atoms with van der Waals surface area (Å²) in [5.41, 5.74) is 7.08. The number of ether oxygens (including phenoxy) is 1. The van der Waals surface area contributed by atoms with Gasteiger partial charge in [0.25, 0.3) is 0 Å². The van der Waals surface area contributed by atoms with Gasteiger partial charge in [-0.15, -0.1) is 0 Å². The Bertz CT molecular complexity index is 968. The molecule has 1 saturated carbocycles. The first-order valence-electron chi connectivity index (χ1n) is 11.7. The maximum absolute atomic E-state index is 6.53. The Hall–Kier alpha value is -1.94. The molecule has 0 radical (unpaired) electrons. The van der Waals surface area contributed by atoms with Crippen molar-refractivity contribution in [1.29, 1.82) is 0 Å². The molecule has 3 nitrogen and oxygen atoms in total. The lowest BCUT2D eigenvalue weighted by Crippen LogP contribution is -2.46. The Labute approximate surface area is 189 Å². The smallest absolute Gasteiger partial charge is 0.250 e. The van der Waals surface area contributed by atoms with E-state index >= 15 is 0 Å². The van der Waals surface area contributed by atoms with Crippen molar-refractivity contribution >= 4 is 19.7 Å². The van der Waals surface area contributed by atoms with Crippen LogP contribution in [-0.2, 0) is 6.42 Å². The van der Waals surface area contributed by atoms with Crippen LogP contribution in [0.3, 0.4) is 0 Å². The second-order valence-electron chi connectivity index (χ2n) is 11.3. The molecule has 1 spiro atoms. The Morgan fingerprint density at radius 2 is 1.65 bits per heavy atom. The number of rotatable bonds is 4. The first-order chi connectivity index (χ1) is 14.5. The van der Waals surface area contributed by atoms with Gasteiger partial charge < -0.3 is 14.1 Å². The van der Waals surface area contributed by atoms with E-state index in [0.717, 1.165) is 18.0 Å². The van der Waals surface area contributed by atoms with E-state index in [2.05, 4.69) is 82.9 Å². The highest BCUT2D eigenvalue weighted by molar-refractivity contribution is 6.74. The predicted octanol–water partition coefficient (Wildman–Crippen LogP) is 7.56. The molecule has 31 heavy (non-hydrogen) atoms. The van der Waals surface area contributed by atoms with Gasteiger partial charge in [0.2, 0.25) is 8.32 Å². The van der Waals surface area contributed by atoms with Gasteiger partial charge in [0.1, 0.15) is 11.5 Å². The number of methoxy groups -OCH3 is 1. The SMILES string of the molecule is COc1cc2c(c(C)c1C)N(c1ccc(O[Si](C)(C)C(C)(C)C)cc1)CC1(CCC1)C2. The number of hydrogen-bond acceptors (Lipinski definition) is 3. The van der Waals surface area contributed by atoms with Gasteiger partial charge in [-0.25, -0.2) is 0 Å². The number of fused-ring (bicyclic) bond motifs is 1. The average molecular weight is 438 g/mol. The molecule has 0 aromatic heterocycles. The van der Waals surface area contributed by atoms with Gasteiger partial charge in [-0.3, -0.25) is 0 Å². The van der Waals surface area contributed by atoms with Crippen LogP contribution in [-0.4, -0.2) is 22.0 Å². The summed E-state index contributed by atoms with van der Waals surface area (Å²) in [4.78, 5) is 2.57. The van der Waals surface area contributed by atoms with Gasteiger partial charge in [0, 0.05) is 17.9 Å². The van der Waals surface area contributed by atoms with E-state index in [-0.39, 0.29) is 5.04 Å². The lowest BCUT2D eigenvalue weighted by Gasteiger charge is -2.50. The quantitative estimate of drug-likeness (QED) is 0.461. The minimum atomic E-state index is -1.83. The van der Waals surface area contributed by atoms with Gasteiger partial charge in [-0.1, -0.05) is 27.2 Å². The number of hydrogen-bond donors (Lipinski definition) is 0. The molecule has 4 heteroatoms. The van der Waals surface area contributed by atoms with E-state index in [4.69, 9.17) is 9.16 Å². The highest BCUT2D eigenvalue weighted by Gasteiger charge is 2.44. The molecule has 0 saturated heterocycles. The van der Waals surface area contributed by atoms with Crippen LogP contribution in [0.2, 0.25) is 18.1 Å². The minimum absolute atomic E-state index is 0.196. The van der Waals surface area contributed by atoms with Gasteiger partial charge in [0.05, 0.1) is 7.11 Å². The zero-order chi connectivity index (χ0) is 22.6. The number of benzene rings is 2. The summed E-state index contributed by atoms with van der Waals surface area (Å²) >= 11 is 0. The topological polar surface area (TPSA) is 21.7 Å². The lowest BCUT2D eigenvalue weighted by molar-refractivity contribution is 0.138. The van der Waals surface area contributed by atoms with Crippen LogP contribution in [0, 0.1) is 19.3 Å². The highest BCUT2D eigenvalue weighted by atomic mass is 28.4. The predicted molar refractivity (Wildman–Crippen MR) is 134 cm³/mol. The van der Waals surface area contributed by atoms with Crippen molar-refractivity contribution in [2.24, 2.45) is 5.41 Å². The van der Waals surface area contributed by atoms with Crippen molar-refractivity contribution < 1.29 is 9.16 Å². The maximum atomic E-state index is 6.53. The molecule has 0 unspecified atom stereocenters. The van der Waals surface area contributed by atoms with Crippen LogP contribution < -0.4 is 14.1 Å². The van der Waals surface area contributed by atoms with Crippen LogP contribution in [0.5, 0.6) is 11.5 Å². The van der Waals surface area contributed by atoms with Crippen molar-refractivity contribution in [3.8, 4) is 11.5 Å². The van der Waals surface area contributed by atoms with Gasteiger partial charge in [-0.05, 0) is 104 Å². The molecule has 2 aromatic rings. The highest BCUT2D eigenvalue weighted by Crippen LogP contribution is 2.53. The third kappa shape index (κ3) is 3.88. The summed E-state index contributed by atoms with van der Waals surface area (Å²) in [6.45, 7) is 17.0. The van der Waals surface area contributed by atoms with Gasteiger partial charge in [0.15, 0.2) is 0 Å². The summed E-state index contributed by atoms with van der Waals surface area (Å²) in [6.07, 6.45) is 5.17. The zero-order valence-electron chi connectivity index (χ0n) is 20.7. The Morgan fingerprint density at radius 1 is 1.00 bits per heavy atom. The minimum Gasteiger partial charge on any atom is -0.544 e. The van der Waals surface area contributed by atoms with E-state index in [0.29, 0.717) is 5.41 Å². The molecule has 0 amide bonds. The molecular weight excluding hydrogens is 398 g/mol. The molecule has 0 N–H and O–H groups in total. The largest absolute Gasteiger partial charge is 0.544 e. The molecule has 0 atom stereocenters. The average Bonchev–Trinajstić information content (AvgIpc) is 2.68.